The summed E-state index contributed by atoms with van der Waals surface area (Å²) in [6, 6.07) is 4.59. The van der Waals surface area contributed by atoms with Crippen molar-refractivity contribution in [2.75, 3.05) is 27.1 Å². The number of allylic oxidation sites excluding steroid dienone is 1. The molecule has 0 unspecified atom stereocenters. The predicted octanol–water partition coefficient (Wildman–Crippen LogP) is 2.32. The van der Waals surface area contributed by atoms with E-state index in [1.807, 2.05) is 0 Å². The van der Waals surface area contributed by atoms with E-state index in [1.165, 1.54) is 6.07 Å². The van der Waals surface area contributed by atoms with Gasteiger partial charge in [-0.2, -0.15) is 0 Å². The van der Waals surface area contributed by atoms with E-state index in [1.54, 1.807) is 25.3 Å². The van der Waals surface area contributed by atoms with Crippen molar-refractivity contribution in [3.63, 3.8) is 0 Å². The number of rotatable bonds is 9. The number of nitrogens with zero attached hydrogens (tertiary/aromatic N) is 1. The number of benzene rings is 1. The molecule has 1 aromatic rings. The molecule has 0 atom stereocenters. The van der Waals surface area contributed by atoms with Gasteiger partial charge in [0.2, 0.25) is 0 Å². The minimum atomic E-state index is -0.419. The van der Waals surface area contributed by atoms with Crippen LogP contribution in [-0.2, 0) is 15.9 Å². The molecule has 0 spiro atoms. The van der Waals surface area contributed by atoms with Crippen LogP contribution in [0.3, 0.4) is 0 Å². The van der Waals surface area contributed by atoms with Gasteiger partial charge in [-0.3, -0.25) is 10.1 Å². The minimum Gasteiger partial charge on any atom is -0.468 e. The Hall–Kier alpha value is -1.92. The Labute approximate surface area is 111 Å². The van der Waals surface area contributed by atoms with Crippen LogP contribution in [0.1, 0.15) is 5.56 Å². The molecule has 0 heterocycles. The van der Waals surface area contributed by atoms with Crippen LogP contribution in [0.25, 0.3) is 0 Å². The van der Waals surface area contributed by atoms with Crippen LogP contribution in [-0.4, -0.2) is 32.0 Å². The van der Waals surface area contributed by atoms with Crippen molar-refractivity contribution in [3.05, 3.63) is 46.5 Å². The average Bonchev–Trinajstić information content (AvgIpc) is 2.39. The van der Waals surface area contributed by atoms with Crippen LogP contribution < -0.4 is 4.74 Å². The zero-order valence-electron chi connectivity index (χ0n) is 10.8. The van der Waals surface area contributed by atoms with Gasteiger partial charge in [0, 0.05) is 18.7 Å². The maximum Gasteiger partial charge on any atom is 0.273 e. The van der Waals surface area contributed by atoms with E-state index in [0.717, 1.165) is 0 Å². The number of nitro benzene ring substituents is 1. The van der Waals surface area contributed by atoms with E-state index in [9.17, 15) is 10.1 Å². The smallest absolute Gasteiger partial charge is 0.273 e. The lowest BCUT2D eigenvalue weighted by Crippen LogP contribution is -2.08. The first-order chi connectivity index (χ1) is 9.19. The Morgan fingerprint density at radius 1 is 1.42 bits per heavy atom. The molecular weight excluding hydrogens is 250 g/mol. The molecule has 1 rings (SSSR count). The third-order valence-electron chi connectivity index (χ3n) is 2.35. The Bertz CT molecular complexity index is 433. The second-order valence-electron chi connectivity index (χ2n) is 3.70. The van der Waals surface area contributed by atoms with E-state index in [-0.39, 0.29) is 12.5 Å². The van der Waals surface area contributed by atoms with Crippen molar-refractivity contribution >= 4 is 5.69 Å². The highest BCUT2D eigenvalue weighted by atomic mass is 16.7. The van der Waals surface area contributed by atoms with Gasteiger partial charge in [-0.1, -0.05) is 6.08 Å². The monoisotopic (exact) mass is 267 g/mol. The zero-order valence-corrected chi connectivity index (χ0v) is 10.8. The molecular formula is C13H17NO5. The van der Waals surface area contributed by atoms with Gasteiger partial charge >= 0.3 is 0 Å². The minimum absolute atomic E-state index is 0.0625. The third-order valence-corrected chi connectivity index (χ3v) is 2.35. The van der Waals surface area contributed by atoms with Crippen molar-refractivity contribution in [2.45, 2.75) is 6.42 Å². The molecule has 0 aromatic heterocycles. The molecule has 0 fully saturated rings. The first-order valence-electron chi connectivity index (χ1n) is 5.76. The van der Waals surface area contributed by atoms with Crippen LogP contribution in [0.5, 0.6) is 5.75 Å². The molecule has 6 nitrogen and oxygen atoms in total. The Morgan fingerprint density at radius 3 is 2.84 bits per heavy atom. The highest BCUT2D eigenvalue weighted by molar-refractivity contribution is 5.46. The van der Waals surface area contributed by atoms with Gasteiger partial charge < -0.3 is 14.2 Å². The quantitative estimate of drug-likeness (QED) is 0.226. The fourth-order valence-electron chi connectivity index (χ4n) is 1.46. The molecule has 19 heavy (non-hydrogen) atoms. The van der Waals surface area contributed by atoms with Crippen LogP contribution in [0.4, 0.5) is 5.69 Å². The topological polar surface area (TPSA) is 70.8 Å². The molecule has 0 saturated carbocycles. The van der Waals surface area contributed by atoms with E-state index in [0.29, 0.717) is 30.9 Å². The van der Waals surface area contributed by atoms with E-state index < -0.39 is 4.92 Å². The third kappa shape index (κ3) is 5.07. The number of hydrogen-bond acceptors (Lipinski definition) is 5. The molecule has 0 saturated heterocycles. The highest BCUT2D eigenvalue weighted by Gasteiger charge is 2.13. The van der Waals surface area contributed by atoms with Gasteiger partial charge in [0.25, 0.3) is 5.69 Å². The fourth-order valence-corrected chi connectivity index (χ4v) is 1.46. The van der Waals surface area contributed by atoms with E-state index in [2.05, 4.69) is 6.58 Å². The van der Waals surface area contributed by atoms with Crippen LogP contribution >= 0.6 is 0 Å². The van der Waals surface area contributed by atoms with Crippen molar-refractivity contribution in [2.24, 2.45) is 0 Å². The molecule has 0 bridgehead atoms. The molecule has 6 heteroatoms. The number of ether oxygens (including phenoxy) is 3. The van der Waals surface area contributed by atoms with Gasteiger partial charge in [0.15, 0.2) is 6.79 Å². The van der Waals surface area contributed by atoms with Gasteiger partial charge in [-0.15, -0.1) is 6.58 Å². The number of methoxy groups -OCH3 is 1. The maximum absolute atomic E-state index is 10.8. The average molecular weight is 267 g/mol. The summed E-state index contributed by atoms with van der Waals surface area (Å²) in [4.78, 5) is 10.4. The lowest BCUT2D eigenvalue weighted by molar-refractivity contribution is -0.385. The van der Waals surface area contributed by atoms with Crippen molar-refractivity contribution in [1.82, 2.24) is 0 Å². The van der Waals surface area contributed by atoms with Gasteiger partial charge in [0.1, 0.15) is 5.75 Å². The largest absolute Gasteiger partial charge is 0.468 e. The number of nitro groups is 1. The lowest BCUT2D eigenvalue weighted by atomic mass is 10.1. The summed E-state index contributed by atoms with van der Waals surface area (Å²) in [5, 5.41) is 10.8. The van der Waals surface area contributed by atoms with Gasteiger partial charge in [-0.25, -0.2) is 0 Å². The molecule has 104 valence electrons. The molecule has 0 aliphatic heterocycles. The molecule has 0 aliphatic rings. The molecule has 1 aromatic carbocycles. The van der Waals surface area contributed by atoms with Gasteiger partial charge in [0.05, 0.1) is 18.1 Å². The molecule has 0 aliphatic carbocycles. The van der Waals surface area contributed by atoms with Gasteiger partial charge in [-0.05, 0) is 18.6 Å². The lowest BCUT2D eigenvalue weighted by Gasteiger charge is -2.08. The Balaban J connectivity index is 2.62. The Morgan fingerprint density at radius 2 is 2.21 bits per heavy atom. The summed E-state index contributed by atoms with van der Waals surface area (Å²) in [5.74, 6) is 0.528. The number of hydrogen-bond donors (Lipinski definition) is 0. The maximum atomic E-state index is 10.8. The second-order valence-corrected chi connectivity index (χ2v) is 3.70. The summed E-state index contributed by atoms with van der Waals surface area (Å²) < 4.78 is 15.3. The summed E-state index contributed by atoms with van der Waals surface area (Å²) >= 11 is 0. The van der Waals surface area contributed by atoms with Crippen LogP contribution in [0.2, 0.25) is 0 Å². The second kappa shape index (κ2) is 8.23. The van der Waals surface area contributed by atoms with E-state index in [4.69, 9.17) is 14.2 Å². The first kappa shape index (κ1) is 15.1. The first-order valence-corrected chi connectivity index (χ1v) is 5.76. The van der Waals surface area contributed by atoms with Crippen LogP contribution in [0, 0.1) is 10.1 Å². The Kier molecular flexibility index (Phi) is 6.56. The fraction of sp³-hybridized carbons (Fsp3) is 0.385. The summed E-state index contributed by atoms with van der Waals surface area (Å²) in [6.07, 6.45) is 2.03. The zero-order chi connectivity index (χ0) is 14.1. The van der Waals surface area contributed by atoms with Crippen LogP contribution in [0.15, 0.2) is 30.9 Å². The normalized spacial score (nSPS) is 10.2. The molecule has 0 radical (unpaired) electrons. The van der Waals surface area contributed by atoms with Crippen molar-refractivity contribution < 1.29 is 19.1 Å². The molecule has 0 N–H and O–H groups in total. The van der Waals surface area contributed by atoms with Crippen molar-refractivity contribution in [3.8, 4) is 5.75 Å². The summed E-state index contributed by atoms with van der Waals surface area (Å²) in [7, 11) is 1.59. The van der Waals surface area contributed by atoms with Crippen molar-refractivity contribution in [1.29, 1.82) is 0 Å². The standard InChI is InChI=1S/C13H17NO5/c1-3-4-11-9-12(5-6-13(11)14(15)16)19-10-18-8-7-17-2/h3,5-6,9H,1,4,7-8,10H2,2H3. The summed E-state index contributed by atoms with van der Waals surface area (Å²) in [6.45, 7) is 4.58. The van der Waals surface area contributed by atoms with E-state index >= 15 is 0 Å². The molecule has 0 amide bonds. The predicted molar refractivity (Wildman–Crippen MR) is 70.3 cm³/mol. The highest BCUT2D eigenvalue weighted by Crippen LogP contribution is 2.24. The summed E-state index contributed by atoms with van der Waals surface area (Å²) in [5.41, 5.74) is 0.627. The SMILES string of the molecule is C=CCc1cc(OCOCCOC)ccc1[N+](=O)[O-].